The van der Waals surface area contributed by atoms with Crippen LogP contribution < -0.4 is 16.2 Å². The molecule has 0 radical (unpaired) electrons. The number of sulfonamides is 1. The molecule has 0 saturated carbocycles. The Hall–Kier alpha value is -1.31. The maximum Gasteiger partial charge on any atom is 0.243 e. The largest absolute Gasteiger partial charge is 0.398 e. The van der Waals surface area contributed by atoms with E-state index in [1.807, 2.05) is 0 Å². The molecule has 0 saturated heterocycles. The Morgan fingerprint density at radius 2 is 1.95 bits per heavy atom. The quantitative estimate of drug-likeness (QED) is 0.695. The number of nitrogens with one attached hydrogen (secondary N) is 1. The molecule has 1 unspecified atom stereocenters. The molecule has 106 valence electrons. The highest BCUT2D eigenvalue weighted by atomic mass is 35.5. The fraction of sp³-hybridized carbons (Fsp3) is 0.364. The van der Waals surface area contributed by atoms with Crippen LogP contribution in [-0.4, -0.2) is 20.4 Å². The van der Waals surface area contributed by atoms with E-state index >= 15 is 0 Å². The molecule has 0 aliphatic carbocycles. The number of benzene rings is 1. The SMILES string of the molecule is CC(C)C(NS(=O)(=O)c1ccc(Cl)cc1N)C(N)=O. The lowest BCUT2D eigenvalue weighted by molar-refractivity contribution is -0.120. The highest BCUT2D eigenvalue weighted by molar-refractivity contribution is 7.89. The third-order valence-electron chi connectivity index (χ3n) is 2.52. The Bertz CT molecular complexity index is 587. The lowest BCUT2D eigenvalue weighted by Gasteiger charge is -2.19. The maximum absolute atomic E-state index is 12.1. The van der Waals surface area contributed by atoms with Crippen molar-refractivity contribution in [3.8, 4) is 0 Å². The van der Waals surface area contributed by atoms with Crippen LogP contribution in [0.1, 0.15) is 13.8 Å². The van der Waals surface area contributed by atoms with Crippen molar-refractivity contribution in [2.45, 2.75) is 24.8 Å². The number of carbonyl (C=O) groups is 1. The van der Waals surface area contributed by atoms with Crippen molar-refractivity contribution in [1.82, 2.24) is 4.72 Å². The molecule has 0 fully saturated rings. The second-order valence-electron chi connectivity index (χ2n) is 4.43. The first-order valence-corrected chi connectivity index (χ1v) is 7.38. The molecule has 19 heavy (non-hydrogen) atoms. The van der Waals surface area contributed by atoms with Gasteiger partial charge >= 0.3 is 0 Å². The van der Waals surface area contributed by atoms with Crippen LogP contribution in [0.2, 0.25) is 5.02 Å². The van der Waals surface area contributed by atoms with E-state index in [4.69, 9.17) is 23.1 Å². The Labute approximate surface area is 117 Å². The summed E-state index contributed by atoms with van der Waals surface area (Å²) in [6.07, 6.45) is 0. The summed E-state index contributed by atoms with van der Waals surface area (Å²) < 4.78 is 26.5. The van der Waals surface area contributed by atoms with Gasteiger partial charge in [-0.05, 0) is 24.1 Å². The van der Waals surface area contributed by atoms with Gasteiger partial charge in [0.25, 0.3) is 0 Å². The average molecular weight is 306 g/mol. The van der Waals surface area contributed by atoms with E-state index in [0.29, 0.717) is 5.02 Å². The number of amides is 1. The third kappa shape index (κ3) is 3.82. The number of nitrogens with two attached hydrogens (primary N) is 2. The van der Waals surface area contributed by atoms with Crippen molar-refractivity contribution >= 4 is 33.2 Å². The van der Waals surface area contributed by atoms with Gasteiger partial charge in [-0.25, -0.2) is 8.42 Å². The van der Waals surface area contributed by atoms with Crippen LogP contribution in [0.15, 0.2) is 23.1 Å². The highest BCUT2D eigenvalue weighted by Crippen LogP contribution is 2.22. The van der Waals surface area contributed by atoms with Gasteiger partial charge in [-0.15, -0.1) is 0 Å². The third-order valence-corrected chi connectivity index (χ3v) is 4.27. The number of hydrogen-bond donors (Lipinski definition) is 3. The Morgan fingerprint density at radius 1 is 1.37 bits per heavy atom. The molecule has 1 aromatic rings. The van der Waals surface area contributed by atoms with Gasteiger partial charge in [-0.3, -0.25) is 4.79 Å². The molecule has 0 aliphatic heterocycles. The van der Waals surface area contributed by atoms with Crippen LogP contribution in [-0.2, 0) is 14.8 Å². The van der Waals surface area contributed by atoms with Crippen LogP contribution in [0, 0.1) is 5.92 Å². The molecule has 1 rings (SSSR count). The number of carbonyl (C=O) groups excluding carboxylic acids is 1. The Kier molecular flexibility index (Phi) is 4.78. The molecular formula is C11H16ClN3O3S. The molecule has 8 heteroatoms. The number of halogens is 1. The van der Waals surface area contributed by atoms with Crippen molar-refractivity contribution in [3.63, 3.8) is 0 Å². The topological polar surface area (TPSA) is 115 Å². The summed E-state index contributed by atoms with van der Waals surface area (Å²) in [6, 6.07) is 3.00. The van der Waals surface area contributed by atoms with Gasteiger partial charge in [0.2, 0.25) is 15.9 Å². The summed E-state index contributed by atoms with van der Waals surface area (Å²) in [7, 11) is -3.93. The van der Waals surface area contributed by atoms with Crippen molar-refractivity contribution in [1.29, 1.82) is 0 Å². The zero-order chi connectivity index (χ0) is 14.8. The first-order valence-electron chi connectivity index (χ1n) is 5.52. The molecule has 5 N–H and O–H groups in total. The van der Waals surface area contributed by atoms with E-state index in [0.717, 1.165) is 0 Å². The van der Waals surface area contributed by atoms with Gasteiger partial charge in [0, 0.05) is 5.02 Å². The van der Waals surface area contributed by atoms with Crippen molar-refractivity contribution < 1.29 is 13.2 Å². The monoisotopic (exact) mass is 305 g/mol. The highest BCUT2D eigenvalue weighted by Gasteiger charge is 2.27. The van der Waals surface area contributed by atoms with Crippen LogP contribution in [0.25, 0.3) is 0 Å². The van der Waals surface area contributed by atoms with Gasteiger partial charge in [-0.2, -0.15) is 4.72 Å². The fourth-order valence-corrected chi connectivity index (χ4v) is 3.16. The lowest BCUT2D eigenvalue weighted by atomic mass is 10.1. The summed E-state index contributed by atoms with van der Waals surface area (Å²) in [5.41, 5.74) is 10.8. The molecular weight excluding hydrogens is 290 g/mol. The predicted octanol–water partition coefficient (Wildman–Crippen LogP) is 0.710. The maximum atomic E-state index is 12.1. The second kappa shape index (κ2) is 5.77. The van der Waals surface area contributed by atoms with Crippen molar-refractivity contribution in [2.75, 3.05) is 5.73 Å². The second-order valence-corrected chi connectivity index (χ2v) is 6.55. The number of anilines is 1. The predicted molar refractivity (Wildman–Crippen MR) is 74.0 cm³/mol. The van der Waals surface area contributed by atoms with E-state index in [-0.39, 0.29) is 16.5 Å². The van der Waals surface area contributed by atoms with Crippen LogP contribution in [0.4, 0.5) is 5.69 Å². The van der Waals surface area contributed by atoms with E-state index < -0.39 is 22.0 Å². The minimum atomic E-state index is -3.93. The molecule has 1 aromatic carbocycles. The van der Waals surface area contributed by atoms with Crippen LogP contribution in [0.5, 0.6) is 0 Å². The van der Waals surface area contributed by atoms with Gasteiger partial charge in [-0.1, -0.05) is 25.4 Å². The Morgan fingerprint density at radius 3 is 2.37 bits per heavy atom. The summed E-state index contributed by atoms with van der Waals surface area (Å²) in [6.45, 7) is 3.37. The Balaban J connectivity index is 3.14. The van der Waals surface area contributed by atoms with Crippen molar-refractivity contribution in [3.05, 3.63) is 23.2 Å². The molecule has 0 bridgehead atoms. The minimum Gasteiger partial charge on any atom is -0.398 e. The summed E-state index contributed by atoms with van der Waals surface area (Å²) >= 11 is 5.70. The van der Waals surface area contributed by atoms with Crippen LogP contribution >= 0.6 is 11.6 Å². The number of hydrogen-bond acceptors (Lipinski definition) is 4. The summed E-state index contributed by atoms with van der Waals surface area (Å²) in [5.74, 6) is -1.02. The lowest BCUT2D eigenvalue weighted by Crippen LogP contribution is -2.47. The zero-order valence-corrected chi connectivity index (χ0v) is 12.1. The molecule has 6 nitrogen and oxygen atoms in total. The zero-order valence-electron chi connectivity index (χ0n) is 10.6. The standard InChI is InChI=1S/C11H16ClN3O3S/c1-6(2)10(11(14)16)15-19(17,18)9-4-3-7(12)5-8(9)13/h3-6,10,15H,13H2,1-2H3,(H2,14,16). The smallest absolute Gasteiger partial charge is 0.243 e. The number of primary amides is 1. The van der Waals surface area contributed by atoms with Gasteiger partial charge < -0.3 is 11.5 Å². The van der Waals surface area contributed by atoms with Gasteiger partial charge in [0.05, 0.1) is 5.69 Å². The summed E-state index contributed by atoms with van der Waals surface area (Å²) in [4.78, 5) is 11.1. The van der Waals surface area contributed by atoms with E-state index in [1.165, 1.54) is 18.2 Å². The molecule has 1 atom stereocenters. The normalized spacial score (nSPS) is 13.5. The number of nitrogen functional groups attached to an aromatic ring is 1. The average Bonchev–Trinajstić information content (AvgIpc) is 2.24. The van der Waals surface area contributed by atoms with Gasteiger partial charge in [0.1, 0.15) is 10.9 Å². The summed E-state index contributed by atoms with van der Waals surface area (Å²) in [5, 5.41) is 0.326. The molecule has 0 aromatic heterocycles. The molecule has 0 aliphatic rings. The van der Waals surface area contributed by atoms with Gasteiger partial charge in [0.15, 0.2) is 0 Å². The first-order chi connectivity index (χ1) is 8.65. The van der Waals surface area contributed by atoms with E-state index in [9.17, 15) is 13.2 Å². The number of rotatable bonds is 5. The van der Waals surface area contributed by atoms with Crippen molar-refractivity contribution in [2.24, 2.45) is 11.7 Å². The first kappa shape index (κ1) is 15.7. The molecule has 0 spiro atoms. The van der Waals surface area contributed by atoms with Crippen LogP contribution in [0.3, 0.4) is 0 Å². The molecule has 1 amide bonds. The van der Waals surface area contributed by atoms with E-state index in [2.05, 4.69) is 4.72 Å². The minimum absolute atomic E-state index is 0.00646. The molecule has 0 heterocycles. The van der Waals surface area contributed by atoms with E-state index in [1.54, 1.807) is 13.8 Å². The fourth-order valence-electron chi connectivity index (χ4n) is 1.52.